The third-order valence-electron chi connectivity index (χ3n) is 3.16. The van der Waals surface area contributed by atoms with Crippen LogP contribution >= 0.6 is 11.3 Å². The van der Waals surface area contributed by atoms with Gasteiger partial charge in [0.25, 0.3) is 5.91 Å². The maximum Gasteiger partial charge on any atom is 0.265 e. The summed E-state index contributed by atoms with van der Waals surface area (Å²) in [4.78, 5) is 12.9. The van der Waals surface area contributed by atoms with Crippen LogP contribution in [-0.2, 0) is 0 Å². The molecule has 0 saturated carbocycles. The van der Waals surface area contributed by atoms with E-state index in [2.05, 4.69) is 5.32 Å². The molecule has 1 heterocycles. The summed E-state index contributed by atoms with van der Waals surface area (Å²) in [6.07, 6.45) is 0. The van der Waals surface area contributed by atoms with E-state index in [1.807, 2.05) is 73.0 Å². The molecule has 3 rings (SSSR count). The second kappa shape index (κ2) is 6.45. The molecule has 22 heavy (non-hydrogen) atoms. The summed E-state index contributed by atoms with van der Waals surface area (Å²) in [5, 5.41) is 4.81. The highest BCUT2D eigenvalue weighted by Crippen LogP contribution is 2.23. The summed E-state index contributed by atoms with van der Waals surface area (Å²) in [5.41, 5.74) is 1.74. The van der Waals surface area contributed by atoms with Gasteiger partial charge in [-0.1, -0.05) is 18.2 Å². The Labute approximate surface area is 133 Å². The molecule has 2 aromatic carbocycles. The predicted octanol–water partition coefficient (Wildman–Crippen LogP) is 5.10. The predicted molar refractivity (Wildman–Crippen MR) is 90.0 cm³/mol. The normalized spacial score (nSPS) is 10.2. The van der Waals surface area contributed by atoms with Crippen molar-refractivity contribution >= 4 is 22.9 Å². The van der Waals surface area contributed by atoms with E-state index in [1.165, 1.54) is 11.3 Å². The standard InChI is InChI=1S/C18H15NO2S/c1-13-11-12-22-17(13)18(20)19-14-7-9-16(10-8-14)21-15-5-3-2-4-6-15/h2-12H,1H3,(H,19,20). The van der Waals surface area contributed by atoms with Crippen molar-refractivity contribution in [3.05, 3.63) is 76.5 Å². The minimum absolute atomic E-state index is 0.0794. The van der Waals surface area contributed by atoms with E-state index in [4.69, 9.17) is 4.74 Å². The molecular formula is C18H15NO2S. The smallest absolute Gasteiger partial charge is 0.265 e. The number of nitrogens with one attached hydrogen (secondary N) is 1. The topological polar surface area (TPSA) is 38.3 Å². The Hall–Kier alpha value is -2.59. The number of anilines is 1. The largest absolute Gasteiger partial charge is 0.457 e. The Morgan fingerprint density at radius 2 is 1.64 bits per heavy atom. The Morgan fingerprint density at radius 3 is 2.27 bits per heavy atom. The van der Waals surface area contributed by atoms with Crippen LogP contribution in [0.4, 0.5) is 5.69 Å². The van der Waals surface area contributed by atoms with Crippen molar-refractivity contribution < 1.29 is 9.53 Å². The van der Waals surface area contributed by atoms with Gasteiger partial charge in [-0.25, -0.2) is 0 Å². The van der Waals surface area contributed by atoms with Gasteiger partial charge in [0.15, 0.2) is 0 Å². The van der Waals surface area contributed by atoms with Crippen LogP contribution in [0.2, 0.25) is 0 Å². The SMILES string of the molecule is Cc1ccsc1C(=O)Nc1ccc(Oc2ccccc2)cc1. The van der Waals surface area contributed by atoms with Gasteiger partial charge in [0.05, 0.1) is 4.88 Å². The van der Waals surface area contributed by atoms with Gasteiger partial charge in [-0.05, 0) is 60.3 Å². The van der Waals surface area contributed by atoms with Crippen molar-refractivity contribution in [2.45, 2.75) is 6.92 Å². The maximum atomic E-state index is 12.1. The van der Waals surface area contributed by atoms with Crippen LogP contribution in [0.15, 0.2) is 66.0 Å². The number of hydrogen-bond acceptors (Lipinski definition) is 3. The molecule has 0 spiro atoms. The first-order valence-electron chi connectivity index (χ1n) is 6.91. The first-order chi connectivity index (χ1) is 10.7. The molecule has 4 heteroatoms. The fourth-order valence-electron chi connectivity index (χ4n) is 2.02. The Kier molecular flexibility index (Phi) is 4.21. The van der Waals surface area contributed by atoms with Crippen LogP contribution < -0.4 is 10.1 Å². The third kappa shape index (κ3) is 3.35. The molecule has 1 N–H and O–H groups in total. The monoisotopic (exact) mass is 309 g/mol. The van der Waals surface area contributed by atoms with E-state index in [-0.39, 0.29) is 5.91 Å². The second-order valence-corrected chi connectivity index (χ2v) is 5.74. The lowest BCUT2D eigenvalue weighted by atomic mass is 10.2. The Morgan fingerprint density at radius 1 is 0.955 bits per heavy atom. The van der Waals surface area contributed by atoms with Crippen LogP contribution in [0.25, 0.3) is 0 Å². The summed E-state index contributed by atoms with van der Waals surface area (Å²) in [7, 11) is 0. The number of para-hydroxylation sites is 1. The average molecular weight is 309 g/mol. The molecule has 0 aliphatic rings. The summed E-state index contributed by atoms with van der Waals surface area (Å²) >= 11 is 1.45. The van der Waals surface area contributed by atoms with Gasteiger partial charge >= 0.3 is 0 Å². The van der Waals surface area contributed by atoms with E-state index < -0.39 is 0 Å². The fourth-order valence-corrected chi connectivity index (χ4v) is 2.84. The zero-order valence-corrected chi connectivity index (χ0v) is 12.9. The van der Waals surface area contributed by atoms with Gasteiger partial charge in [0.2, 0.25) is 0 Å². The van der Waals surface area contributed by atoms with Crippen LogP contribution in [-0.4, -0.2) is 5.91 Å². The van der Waals surface area contributed by atoms with Crippen molar-refractivity contribution in [2.24, 2.45) is 0 Å². The van der Waals surface area contributed by atoms with Gasteiger partial charge in [-0.15, -0.1) is 11.3 Å². The minimum atomic E-state index is -0.0794. The number of rotatable bonds is 4. The molecule has 0 atom stereocenters. The average Bonchev–Trinajstić information content (AvgIpc) is 2.96. The van der Waals surface area contributed by atoms with Crippen molar-refractivity contribution in [1.82, 2.24) is 0 Å². The molecule has 1 aromatic heterocycles. The zero-order valence-electron chi connectivity index (χ0n) is 12.1. The lowest BCUT2D eigenvalue weighted by Crippen LogP contribution is -2.11. The van der Waals surface area contributed by atoms with E-state index in [9.17, 15) is 4.79 Å². The lowest BCUT2D eigenvalue weighted by Gasteiger charge is -2.08. The highest BCUT2D eigenvalue weighted by atomic mass is 32.1. The van der Waals surface area contributed by atoms with Gasteiger partial charge in [-0.3, -0.25) is 4.79 Å². The Bertz CT molecular complexity index is 763. The molecule has 0 aliphatic heterocycles. The van der Waals surface area contributed by atoms with Crippen LogP contribution in [0.3, 0.4) is 0 Å². The molecular weight excluding hydrogens is 294 g/mol. The van der Waals surface area contributed by atoms with Crippen molar-refractivity contribution in [3.8, 4) is 11.5 Å². The zero-order chi connectivity index (χ0) is 15.4. The molecule has 0 radical (unpaired) electrons. The van der Waals surface area contributed by atoms with Crippen molar-refractivity contribution in [1.29, 1.82) is 0 Å². The fraction of sp³-hybridized carbons (Fsp3) is 0.0556. The number of benzene rings is 2. The first-order valence-corrected chi connectivity index (χ1v) is 7.79. The number of carbonyl (C=O) groups is 1. The van der Waals surface area contributed by atoms with Crippen LogP contribution in [0.1, 0.15) is 15.2 Å². The molecule has 3 aromatic rings. The summed E-state index contributed by atoms with van der Waals surface area (Å²) < 4.78 is 5.72. The first kappa shape index (κ1) is 14.4. The third-order valence-corrected chi connectivity index (χ3v) is 4.17. The molecule has 0 saturated heterocycles. The van der Waals surface area contributed by atoms with E-state index in [0.29, 0.717) is 0 Å². The molecule has 0 unspecified atom stereocenters. The molecule has 0 bridgehead atoms. The summed E-state index contributed by atoms with van der Waals surface area (Å²) in [5.74, 6) is 1.44. The molecule has 110 valence electrons. The maximum absolute atomic E-state index is 12.1. The number of carbonyl (C=O) groups excluding carboxylic acids is 1. The van der Waals surface area contributed by atoms with Gasteiger partial charge in [-0.2, -0.15) is 0 Å². The van der Waals surface area contributed by atoms with E-state index >= 15 is 0 Å². The number of thiophene rings is 1. The van der Waals surface area contributed by atoms with Crippen LogP contribution in [0.5, 0.6) is 11.5 Å². The second-order valence-electron chi connectivity index (χ2n) is 4.83. The van der Waals surface area contributed by atoms with Gasteiger partial charge < -0.3 is 10.1 Å². The van der Waals surface area contributed by atoms with E-state index in [0.717, 1.165) is 27.6 Å². The van der Waals surface area contributed by atoms with E-state index in [1.54, 1.807) is 0 Å². The molecule has 0 aliphatic carbocycles. The van der Waals surface area contributed by atoms with Gasteiger partial charge in [0, 0.05) is 5.69 Å². The Balaban J connectivity index is 1.67. The molecule has 0 fully saturated rings. The highest BCUT2D eigenvalue weighted by Gasteiger charge is 2.10. The number of ether oxygens (including phenoxy) is 1. The summed E-state index contributed by atoms with van der Waals surface area (Å²) in [6, 6.07) is 18.9. The molecule has 1 amide bonds. The number of amides is 1. The van der Waals surface area contributed by atoms with Crippen molar-refractivity contribution in [2.75, 3.05) is 5.32 Å². The number of aryl methyl sites for hydroxylation is 1. The number of hydrogen-bond donors (Lipinski definition) is 1. The minimum Gasteiger partial charge on any atom is -0.457 e. The quantitative estimate of drug-likeness (QED) is 0.728. The van der Waals surface area contributed by atoms with Gasteiger partial charge in [0.1, 0.15) is 11.5 Å². The lowest BCUT2D eigenvalue weighted by molar-refractivity contribution is 0.103. The van der Waals surface area contributed by atoms with Crippen molar-refractivity contribution in [3.63, 3.8) is 0 Å². The highest BCUT2D eigenvalue weighted by molar-refractivity contribution is 7.12. The molecule has 3 nitrogen and oxygen atoms in total. The summed E-state index contributed by atoms with van der Waals surface area (Å²) in [6.45, 7) is 1.93. The van der Waals surface area contributed by atoms with Crippen LogP contribution in [0, 0.1) is 6.92 Å².